The van der Waals surface area contributed by atoms with E-state index in [9.17, 15) is 9.59 Å². The second kappa shape index (κ2) is 3.98. The Morgan fingerprint density at radius 2 is 1.76 bits per heavy atom. The summed E-state index contributed by atoms with van der Waals surface area (Å²) in [6, 6.07) is 1.50. The van der Waals surface area contributed by atoms with Crippen LogP contribution in [0.4, 0.5) is 0 Å². The van der Waals surface area contributed by atoms with Crippen molar-refractivity contribution >= 4 is 11.8 Å². The molecule has 2 atom stereocenters. The summed E-state index contributed by atoms with van der Waals surface area (Å²) in [4.78, 5) is 27.5. The average molecular weight is 237 g/mol. The number of rotatable bonds is 1. The van der Waals surface area contributed by atoms with Gasteiger partial charge >= 0.3 is 0 Å². The second-order valence-corrected chi connectivity index (χ2v) is 5.47. The first kappa shape index (κ1) is 11.0. The number of piperazine rings is 1. The van der Waals surface area contributed by atoms with E-state index >= 15 is 0 Å². The smallest absolute Gasteiger partial charge is 0.242 e. The summed E-state index contributed by atoms with van der Waals surface area (Å²) >= 11 is 0. The standard InChI is InChI=1S/C12H19N3O2/c1-14-8-2-3-9(14)5-10(4-8)15-7-11(16)13-6-12(15)17/h8-10H,2-7H2,1H3,(H,13,16). The topological polar surface area (TPSA) is 52.6 Å². The summed E-state index contributed by atoms with van der Waals surface area (Å²) in [6.45, 7) is 0.438. The van der Waals surface area contributed by atoms with Crippen molar-refractivity contribution in [2.75, 3.05) is 20.1 Å². The van der Waals surface area contributed by atoms with E-state index in [-0.39, 0.29) is 30.9 Å². The van der Waals surface area contributed by atoms with Crippen molar-refractivity contribution in [3.8, 4) is 0 Å². The SMILES string of the molecule is CN1C2CCC1CC(N1CC(=O)NCC1=O)C2. The van der Waals surface area contributed by atoms with Gasteiger partial charge in [-0.05, 0) is 32.7 Å². The highest BCUT2D eigenvalue weighted by Gasteiger charge is 2.42. The number of fused-ring (bicyclic) bond motifs is 2. The lowest BCUT2D eigenvalue weighted by Gasteiger charge is -2.42. The van der Waals surface area contributed by atoms with Crippen LogP contribution >= 0.6 is 0 Å². The predicted molar refractivity (Wildman–Crippen MR) is 62.3 cm³/mol. The van der Waals surface area contributed by atoms with Gasteiger partial charge in [0.25, 0.3) is 0 Å². The lowest BCUT2D eigenvalue weighted by Crippen LogP contribution is -2.58. The Bertz CT molecular complexity index is 344. The van der Waals surface area contributed by atoms with Gasteiger partial charge in [-0.3, -0.25) is 9.59 Å². The lowest BCUT2D eigenvalue weighted by molar-refractivity contribution is -0.144. The molecule has 5 heteroatoms. The molecule has 2 amide bonds. The lowest BCUT2D eigenvalue weighted by atomic mass is 9.96. The molecule has 0 radical (unpaired) electrons. The zero-order valence-electron chi connectivity index (χ0n) is 10.2. The summed E-state index contributed by atoms with van der Waals surface area (Å²) in [5, 5.41) is 2.61. The molecule has 0 spiro atoms. The number of nitrogens with one attached hydrogen (secondary N) is 1. The van der Waals surface area contributed by atoms with E-state index in [0.29, 0.717) is 12.1 Å². The molecule has 3 heterocycles. The van der Waals surface area contributed by atoms with Gasteiger partial charge in [-0.1, -0.05) is 0 Å². The third-order valence-corrected chi connectivity index (χ3v) is 4.59. The Hall–Kier alpha value is -1.10. The van der Waals surface area contributed by atoms with Gasteiger partial charge in [0, 0.05) is 18.1 Å². The predicted octanol–water partition coefficient (Wildman–Crippen LogP) is -0.430. The molecule has 0 aliphatic carbocycles. The number of hydrogen-bond acceptors (Lipinski definition) is 3. The second-order valence-electron chi connectivity index (χ2n) is 5.47. The van der Waals surface area contributed by atoms with Crippen LogP contribution < -0.4 is 5.32 Å². The Labute approximate surface area is 101 Å². The summed E-state index contributed by atoms with van der Waals surface area (Å²) in [6.07, 6.45) is 4.55. The molecule has 3 saturated heterocycles. The van der Waals surface area contributed by atoms with E-state index in [0.717, 1.165) is 12.8 Å². The number of carbonyl (C=O) groups is 2. The molecule has 0 aromatic heterocycles. The van der Waals surface area contributed by atoms with Crippen LogP contribution in [0.15, 0.2) is 0 Å². The number of hydrogen-bond donors (Lipinski definition) is 1. The van der Waals surface area contributed by atoms with Gasteiger partial charge in [-0.2, -0.15) is 0 Å². The number of piperidine rings is 1. The Morgan fingerprint density at radius 3 is 2.41 bits per heavy atom. The van der Waals surface area contributed by atoms with Gasteiger partial charge in [0.2, 0.25) is 11.8 Å². The highest BCUT2D eigenvalue weighted by molar-refractivity contribution is 5.92. The molecule has 0 aromatic rings. The zero-order valence-corrected chi connectivity index (χ0v) is 10.2. The minimum absolute atomic E-state index is 0.0177. The van der Waals surface area contributed by atoms with Crippen molar-refractivity contribution < 1.29 is 9.59 Å². The third kappa shape index (κ3) is 1.82. The fourth-order valence-corrected chi connectivity index (χ4v) is 3.54. The highest BCUT2D eigenvalue weighted by atomic mass is 16.2. The van der Waals surface area contributed by atoms with Crippen LogP contribution in [0, 0.1) is 0 Å². The molecule has 1 N–H and O–H groups in total. The fourth-order valence-electron chi connectivity index (χ4n) is 3.54. The maximum Gasteiger partial charge on any atom is 0.242 e. The summed E-state index contributed by atoms with van der Waals surface area (Å²) in [5.74, 6) is 0.0643. The number of nitrogens with zero attached hydrogens (tertiary/aromatic N) is 2. The Balaban J connectivity index is 1.72. The molecule has 2 unspecified atom stereocenters. The van der Waals surface area contributed by atoms with Gasteiger partial charge in [0.15, 0.2) is 0 Å². The first-order chi connectivity index (χ1) is 8.15. The molecule has 3 fully saturated rings. The Kier molecular flexibility index (Phi) is 2.58. The summed E-state index contributed by atoms with van der Waals surface area (Å²) in [5.41, 5.74) is 0. The molecule has 17 heavy (non-hydrogen) atoms. The van der Waals surface area contributed by atoms with E-state index in [2.05, 4.69) is 17.3 Å². The molecule has 94 valence electrons. The van der Waals surface area contributed by atoms with Gasteiger partial charge in [0.05, 0.1) is 13.1 Å². The van der Waals surface area contributed by atoms with Crippen molar-refractivity contribution in [3.63, 3.8) is 0 Å². The minimum Gasteiger partial charge on any atom is -0.345 e. The average Bonchev–Trinajstić information content (AvgIpc) is 2.55. The van der Waals surface area contributed by atoms with E-state index in [4.69, 9.17) is 0 Å². The molecular weight excluding hydrogens is 218 g/mol. The maximum absolute atomic E-state index is 11.9. The number of carbonyl (C=O) groups excluding carboxylic acids is 2. The van der Waals surface area contributed by atoms with Crippen LogP contribution in [0.3, 0.4) is 0 Å². The van der Waals surface area contributed by atoms with Gasteiger partial charge < -0.3 is 15.1 Å². The van der Waals surface area contributed by atoms with Crippen LogP contribution in [-0.4, -0.2) is 59.9 Å². The van der Waals surface area contributed by atoms with E-state index in [1.165, 1.54) is 12.8 Å². The normalized spacial score (nSPS) is 38.4. The molecule has 2 bridgehead atoms. The van der Waals surface area contributed by atoms with Crippen LogP contribution in [0.1, 0.15) is 25.7 Å². The van der Waals surface area contributed by atoms with Crippen LogP contribution in [0.2, 0.25) is 0 Å². The number of amides is 2. The van der Waals surface area contributed by atoms with E-state index in [1.54, 1.807) is 4.90 Å². The molecule has 5 nitrogen and oxygen atoms in total. The molecule has 0 saturated carbocycles. The Morgan fingerprint density at radius 1 is 1.12 bits per heavy atom. The first-order valence-corrected chi connectivity index (χ1v) is 6.43. The largest absolute Gasteiger partial charge is 0.345 e. The van der Waals surface area contributed by atoms with Gasteiger partial charge in [-0.15, -0.1) is 0 Å². The molecule has 3 aliphatic heterocycles. The van der Waals surface area contributed by atoms with Crippen molar-refractivity contribution in [3.05, 3.63) is 0 Å². The third-order valence-electron chi connectivity index (χ3n) is 4.59. The van der Waals surface area contributed by atoms with Gasteiger partial charge in [0.1, 0.15) is 0 Å². The van der Waals surface area contributed by atoms with Gasteiger partial charge in [-0.25, -0.2) is 0 Å². The molecule has 3 aliphatic rings. The van der Waals surface area contributed by atoms with E-state index < -0.39 is 0 Å². The summed E-state index contributed by atoms with van der Waals surface area (Å²) in [7, 11) is 2.18. The summed E-state index contributed by atoms with van der Waals surface area (Å²) < 4.78 is 0. The first-order valence-electron chi connectivity index (χ1n) is 6.43. The van der Waals surface area contributed by atoms with Crippen molar-refractivity contribution in [2.24, 2.45) is 0 Å². The highest BCUT2D eigenvalue weighted by Crippen LogP contribution is 2.36. The van der Waals surface area contributed by atoms with Crippen molar-refractivity contribution in [2.45, 2.75) is 43.8 Å². The fraction of sp³-hybridized carbons (Fsp3) is 0.833. The van der Waals surface area contributed by atoms with Crippen LogP contribution in [-0.2, 0) is 9.59 Å². The van der Waals surface area contributed by atoms with Crippen molar-refractivity contribution in [1.82, 2.24) is 15.1 Å². The maximum atomic E-state index is 11.9. The molecule has 3 rings (SSSR count). The van der Waals surface area contributed by atoms with E-state index in [1.807, 2.05) is 0 Å². The zero-order chi connectivity index (χ0) is 12.0. The monoisotopic (exact) mass is 237 g/mol. The quantitative estimate of drug-likeness (QED) is 0.673. The molecule has 0 aromatic carbocycles. The molecular formula is C12H19N3O2. The minimum atomic E-state index is -0.0177. The van der Waals surface area contributed by atoms with Crippen LogP contribution in [0.5, 0.6) is 0 Å². The van der Waals surface area contributed by atoms with Crippen LogP contribution in [0.25, 0.3) is 0 Å². The van der Waals surface area contributed by atoms with Crippen molar-refractivity contribution in [1.29, 1.82) is 0 Å².